The van der Waals surface area contributed by atoms with Crippen LogP contribution in [-0.4, -0.2) is 20.9 Å². The van der Waals surface area contributed by atoms with Crippen molar-refractivity contribution in [2.75, 3.05) is 16.4 Å². The minimum atomic E-state index is -4.65. The third kappa shape index (κ3) is 4.62. The van der Waals surface area contributed by atoms with Crippen molar-refractivity contribution in [3.05, 3.63) is 75.9 Å². The number of pyridine rings is 1. The summed E-state index contributed by atoms with van der Waals surface area (Å²) in [6.45, 7) is 1.87. The highest BCUT2D eigenvalue weighted by molar-refractivity contribution is 7.17. The number of carbonyl (C=O) groups is 1. The summed E-state index contributed by atoms with van der Waals surface area (Å²) in [7, 11) is 0. The highest BCUT2D eigenvalue weighted by Crippen LogP contribution is 2.39. The van der Waals surface area contributed by atoms with E-state index in [1.807, 2.05) is 19.1 Å². The Labute approximate surface area is 211 Å². The van der Waals surface area contributed by atoms with E-state index < -0.39 is 17.6 Å². The highest BCUT2D eigenvalue weighted by atomic mass is 35.5. The zero-order valence-corrected chi connectivity index (χ0v) is 20.0. The lowest BCUT2D eigenvalue weighted by atomic mass is 10.1. The Morgan fingerprint density at radius 1 is 1.06 bits per heavy atom. The van der Waals surface area contributed by atoms with Crippen LogP contribution in [0.1, 0.15) is 21.7 Å². The van der Waals surface area contributed by atoms with E-state index in [1.165, 1.54) is 23.5 Å². The van der Waals surface area contributed by atoms with Crippen LogP contribution >= 0.6 is 22.9 Å². The van der Waals surface area contributed by atoms with E-state index in [4.69, 9.17) is 17.3 Å². The van der Waals surface area contributed by atoms with Gasteiger partial charge in [0.15, 0.2) is 0 Å². The number of hydrogen-bond donors (Lipinski definition) is 3. The lowest BCUT2D eigenvalue weighted by Crippen LogP contribution is -2.17. The number of aryl methyl sites for hydroxylation is 1. The van der Waals surface area contributed by atoms with Crippen LogP contribution in [0.25, 0.3) is 21.0 Å². The molecule has 0 bridgehead atoms. The number of halogens is 4. The number of alkyl halides is 3. The number of anilines is 4. The van der Waals surface area contributed by atoms with Gasteiger partial charge >= 0.3 is 6.18 Å². The molecule has 1 amide bonds. The Morgan fingerprint density at radius 2 is 1.86 bits per heavy atom. The van der Waals surface area contributed by atoms with Gasteiger partial charge in [-0.05, 0) is 48.0 Å². The molecule has 0 aliphatic heterocycles. The molecule has 0 radical (unpaired) electrons. The number of benzene rings is 2. The molecule has 7 nitrogen and oxygen atoms in total. The molecule has 2 aromatic carbocycles. The van der Waals surface area contributed by atoms with E-state index in [0.717, 1.165) is 11.6 Å². The first-order valence-corrected chi connectivity index (χ1v) is 11.7. The summed E-state index contributed by atoms with van der Waals surface area (Å²) in [4.78, 5) is 25.6. The van der Waals surface area contributed by atoms with Crippen molar-refractivity contribution in [3.63, 3.8) is 0 Å². The fraction of sp³-hybridized carbons (Fsp3) is 0.0833. The SMILES string of the molecule is Cc1ccc2c(Nc3ccc(Cl)cc3C(F)(F)F)nc(NC(=O)c3nc(N)c4sccc4n3)cc2c1. The van der Waals surface area contributed by atoms with Crippen molar-refractivity contribution < 1.29 is 18.0 Å². The maximum Gasteiger partial charge on any atom is 0.418 e. The molecule has 0 aliphatic carbocycles. The number of nitrogen functional groups attached to an aromatic ring is 1. The van der Waals surface area contributed by atoms with Crippen LogP contribution in [0.15, 0.2) is 53.9 Å². The molecule has 36 heavy (non-hydrogen) atoms. The van der Waals surface area contributed by atoms with E-state index in [1.54, 1.807) is 23.6 Å². The maximum atomic E-state index is 13.7. The molecule has 3 heterocycles. The van der Waals surface area contributed by atoms with Crippen LogP contribution in [-0.2, 0) is 6.18 Å². The Hall–Kier alpha value is -3.96. The van der Waals surface area contributed by atoms with Crippen molar-refractivity contribution in [1.29, 1.82) is 0 Å². The molecule has 0 unspecified atom stereocenters. The number of amides is 1. The number of hydrogen-bond acceptors (Lipinski definition) is 7. The summed E-state index contributed by atoms with van der Waals surface area (Å²) in [6.07, 6.45) is -4.65. The smallest absolute Gasteiger partial charge is 0.382 e. The summed E-state index contributed by atoms with van der Waals surface area (Å²) in [5.74, 6) is -0.439. The Balaban J connectivity index is 1.56. The first-order chi connectivity index (χ1) is 17.1. The van der Waals surface area contributed by atoms with E-state index in [2.05, 4.69) is 25.6 Å². The highest BCUT2D eigenvalue weighted by Gasteiger charge is 2.34. The standard InChI is InChI=1S/C24H16ClF3N6OS/c1-11-2-4-14-12(8-11)9-18(33-23(35)22-31-17-6-7-36-19(17)20(29)34-22)32-21(14)30-16-5-3-13(25)10-15(16)24(26,27)28/h2-10H,1H3,(H2,29,31,34)(H2,30,32,33,35). The number of nitrogens with zero attached hydrogens (tertiary/aromatic N) is 3. The summed E-state index contributed by atoms with van der Waals surface area (Å²) < 4.78 is 41.6. The van der Waals surface area contributed by atoms with Crippen molar-refractivity contribution >= 4 is 73.0 Å². The van der Waals surface area contributed by atoms with Gasteiger partial charge in [0.2, 0.25) is 5.82 Å². The van der Waals surface area contributed by atoms with Gasteiger partial charge in [-0.3, -0.25) is 4.79 Å². The van der Waals surface area contributed by atoms with Crippen molar-refractivity contribution in [1.82, 2.24) is 15.0 Å². The predicted octanol–water partition coefficient (Wildman–Crippen LogP) is 6.80. The van der Waals surface area contributed by atoms with Gasteiger partial charge in [-0.15, -0.1) is 11.3 Å². The normalized spacial score (nSPS) is 11.7. The van der Waals surface area contributed by atoms with Crippen LogP contribution in [0.4, 0.5) is 36.3 Å². The first kappa shape index (κ1) is 23.8. The summed E-state index contributed by atoms with van der Waals surface area (Å²) in [5.41, 5.74) is 6.22. The average molecular weight is 529 g/mol. The monoisotopic (exact) mass is 528 g/mol. The van der Waals surface area contributed by atoms with Gasteiger partial charge in [0.1, 0.15) is 17.5 Å². The molecule has 0 atom stereocenters. The van der Waals surface area contributed by atoms with E-state index in [-0.39, 0.29) is 34.0 Å². The molecule has 4 N–H and O–H groups in total. The summed E-state index contributed by atoms with van der Waals surface area (Å²) in [5, 5.41) is 8.33. The van der Waals surface area contributed by atoms with E-state index in [0.29, 0.717) is 21.0 Å². The fourth-order valence-corrected chi connectivity index (χ4v) is 4.59. The summed E-state index contributed by atoms with van der Waals surface area (Å²) >= 11 is 7.17. The number of nitrogens with two attached hydrogens (primary N) is 1. The molecular weight excluding hydrogens is 513 g/mol. The van der Waals surface area contributed by atoms with Crippen molar-refractivity contribution in [2.45, 2.75) is 13.1 Å². The fourth-order valence-electron chi connectivity index (χ4n) is 3.68. The van der Waals surface area contributed by atoms with Gasteiger partial charge in [0, 0.05) is 10.4 Å². The van der Waals surface area contributed by atoms with Gasteiger partial charge in [0.25, 0.3) is 5.91 Å². The van der Waals surface area contributed by atoms with Crippen LogP contribution in [0.5, 0.6) is 0 Å². The van der Waals surface area contributed by atoms with Gasteiger partial charge in [-0.25, -0.2) is 15.0 Å². The largest absolute Gasteiger partial charge is 0.418 e. The third-order valence-electron chi connectivity index (χ3n) is 5.30. The second-order valence-corrected chi connectivity index (χ2v) is 9.27. The molecule has 5 aromatic rings. The zero-order chi connectivity index (χ0) is 25.6. The van der Waals surface area contributed by atoms with Gasteiger partial charge in [-0.2, -0.15) is 13.2 Å². The minimum Gasteiger partial charge on any atom is -0.382 e. The molecule has 0 saturated heterocycles. The van der Waals surface area contributed by atoms with Crippen LogP contribution in [0.2, 0.25) is 5.02 Å². The van der Waals surface area contributed by atoms with E-state index >= 15 is 0 Å². The van der Waals surface area contributed by atoms with Gasteiger partial charge in [-0.1, -0.05) is 35.4 Å². The lowest BCUT2D eigenvalue weighted by molar-refractivity contribution is -0.136. The van der Waals surface area contributed by atoms with Gasteiger partial charge < -0.3 is 16.4 Å². The third-order valence-corrected chi connectivity index (χ3v) is 6.46. The number of aromatic nitrogens is 3. The van der Waals surface area contributed by atoms with Crippen molar-refractivity contribution in [3.8, 4) is 0 Å². The first-order valence-electron chi connectivity index (χ1n) is 10.5. The Morgan fingerprint density at radius 3 is 2.64 bits per heavy atom. The number of nitrogens with one attached hydrogen (secondary N) is 2. The van der Waals surface area contributed by atoms with Crippen molar-refractivity contribution in [2.24, 2.45) is 0 Å². The molecule has 3 aromatic heterocycles. The van der Waals surface area contributed by atoms with Crippen LogP contribution in [0.3, 0.4) is 0 Å². The summed E-state index contributed by atoms with van der Waals surface area (Å²) in [6, 6.07) is 12.1. The molecule has 0 spiro atoms. The number of rotatable bonds is 4. The van der Waals surface area contributed by atoms with Gasteiger partial charge in [0.05, 0.1) is 21.5 Å². The molecule has 0 fully saturated rings. The second-order valence-electron chi connectivity index (χ2n) is 7.91. The molecule has 0 aliphatic rings. The molecule has 0 saturated carbocycles. The molecule has 12 heteroatoms. The molecule has 182 valence electrons. The average Bonchev–Trinajstić information content (AvgIpc) is 3.28. The lowest BCUT2D eigenvalue weighted by Gasteiger charge is -2.17. The maximum absolute atomic E-state index is 13.7. The van der Waals surface area contributed by atoms with Crippen LogP contribution in [0, 0.1) is 6.92 Å². The number of thiophene rings is 1. The molecule has 5 rings (SSSR count). The number of fused-ring (bicyclic) bond motifs is 2. The second kappa shape index (κ2) is 8.92. The zero-order valence-electron chi connectivity index (χ0n) is 18.4. The topological polar surface area (TPSA) is 106 Å². The number of carbonyl (C=O) groups excluding carboxylic acids is 1. The predicted molar refractivity (Wildman–Crippen MR) is 136 cm³/mol. The minimum absolute atomic E-state index is 0.0517. The Kier molecular flexibility index (Phi) is 5.89. The molecular formula is C24H16ClF3N6OS. The Bertz CT molecular complexity index is 1650. The van der Waals surface area contributed by atoms with E-state index in [9.17, 15) is 18.0 Å². The quantitative estimate of drug-likeness (QED) is 0.237. The van der Waals surface area contributed by atoms with Crippen LogP contribution < -0.4 is 16.4 Å².